The first-order valence-corrected chi connectivity index (χ1v) is 7.54. The zero-order chi connectivity index (χ0) is 16.1. The fraction of sp³-hybridized carbons (Fsp3) is 0.176. The summed E-state index contributed by atoms with van der Waals surface area (Å²) in [6, 6.07) is 13.5. The van der Waals surface area contributed by atoms with Crippen LogP contribution in [0, 0.1) is 6.92 Å². The van der Waals surface area contributed by atoms with Crippen LogP contribution in [0.2, 0.25) is 5.02 Å². The summed E-state index contributed by atoms with van der Waals surface area (Å²) < 4.78 is 5.30. The van der Waals surface area contributed by atoms with Gasteiger partial charge in [-0.2, -0.15) is 0 Å². The maximum Gasteiger partial charge on any atom is 0.121 e. The SMILES string of the molecule is COc1ccc(C(=NCC(N)=S)c2ccccc2Cl)cc1C. The van der Waals surface area contributed by atoms with Crippen molar-refractivity contribution in [2.45, 2.75) is 6.92 Å². The van der Waals surface area contributed by atoms with Crippen molar-refractivity contribution in [3.63, 3.8) is 0 Å². The molecule has 0 saturated carbocycles. The molecule has 114 valence electrons. The van der Waals surface area contributed by atoms with Gasteiger partial charge in [-0.15, -0.1) is 0 Å². The number of hydrogen-bond acceptors (Lipinski definition) is 3. The van der Waals surface area contributed by atoms with Gasteiger partial charge in [-0.1, -0.05) is 42.0 Å². The summed E-state index contributed by atoms with van der Waals surface area (Å²) >= 11 is 11.2. The van der Waals surface area contributed by atoms with Crippen LogP contribution in [-0.2, 0) is 0 Å². The van der Waals surface area contributed by atoms with Crippen molar-refractivity contribution in [1.82, 2.24) is 0 Å². The molecule has 2 rings (SSSR count). The third-order valence-corrected chi connectivity index (χ3v) is 3.65. The highest BCUT2D eigenvalue weighted by Crippen LogP contribution is 2.24. The van der Waals surface area contributed by atoms with Gasteiger partial charge in [-0.05, 0) is 36.8 Å². The van der Waals surface area contributed by atoms with Crippen LogP contribution in [0.25, 0.3) is 0 Å². The summed E-state index contributed by atoms with van der Waals surface area (Å²) in [6.07, 6.45) is 0. The molecule has 3 nitrogen and oxygen atoms in total. The van der Waals surface area contributed by atoms with Crippen molar-refractivity contribution in [3.05, 3.63) is 64.2 Å². The van der Waals surface area contributed by atoms with Gasteiger partial charge >= 0.3 is 0 Å². The first-order chi connectivity index (χ1) is 10.5. The lowest BCUT2D eigenvalue weighted by Gasteiger charge is -2.12. The average Bonchev–Trinajstić information content (AvgIpc) is 2.49. The number of nitrogens with two attached hydrogens (primary N) is 1. The van der Waals surface area contributed by atoms with E-state index < -0.39 is 0 Å². The fourth-order valence-electron chi connectivity index (χ4n) is 2.17. The molecule has 5 heteroatoms. The number of benzene rings is 2. The van der Waals surface area contributed by atoms with Gasteiger partial charge in [0.1, 0.15) is 5.75 Å². The van der Waals surface area contributed by atoms with E-state index in [-0.39, 0.29) is 6.54 Å². The van der Waals surface area contributed by atoms with Gasteiger partial charge < -0.3 is 10.5 Å². The number of halogens is 1. The Bertz CT molecular complexity index is 728. The zero-order valence-electron chi connectivity index (χ0n) is 12.5. The summed E-state index contributed by atoms with van der Waals surface area (Å²) in [5.41, 5.74) is 9.17. The lowest BCUT2D eigenvalue weighted by atomic mass is 10.00. The molecule has 0 saturated heterocycles. The van der Waals surface area contributed by atoms with Crippen LogP contribution in [0.5, 0.6) is 5.75 Å². The molecule has 0 aliphatic rings. The minimum absolute atomic E-state index is 0.279. The quantitative estimate of drug-likeness (QED) is 0.669. The molecule has 0 heterocycles. The molecule has 0 aliphatic heterocycles. The van der Waals surface area contributed by atoms with E-state index >= 15 is 0 Å². The summed E-state index contributed by atoms with van der Waals surface area (Å²) in [4.78, 5) is 4.89. The predicted octanol–water partition coefficient (Wildman–Crippen LogP) is 3.78. The Kier molecular flexibility index (Phi) is 5.52. The van der Waals surface area contributed by atoms with Gasteiger partial charge in [0.25, 0.3) is 0 Å². The fourth-order valence-corrected chi connectivity index (χ4v) is 2.46. The number of hydrogen-bond donors (Lipinski definition) is 1. The highest BCUT2D eigenvalue weighted by Gasteiger charge is 2.12. The van der Waals surface area contributed by atoms with E-state index in [4.69, 9.17) is 34.3 Å². The first-order valence-electron chi connectivity index (χ1n) is 6.75. The molecule has 0 fully saturated rings. The van der Waals surface area contributed by atoms with E-state index in [1.807, 2.05) is 49.4 Å². The smallest absolute Gasteiger partial charge is 0.121 e. The minimum Gasteiger partial charge on any atom is -0.496 e. The first kappa shape index (κ1) is 16.5. The lowest BCUT2D eigenvalue weighted by Crippen LogP contribution is -2.14. The van der Waals surface area contributed by atoms with Crippen molar-refractivity contribution in [2.24, 2.45) is 10.7 Å². The largest absolute Gasteiger partial charge is 0.496 e. The maximum atomic E-state index is 6.31. The molecule has 0 radical (unpaired) electrons. The molecule has 2 aromatic carbocycles. The Labute approximate surface area is 140 Å². The average molecular weight is 333 g/mol. The van der Waals surface area contributed by atoms with Gasteiger partial charge in [-0.25, -0.2) is 0 Å². The maximum absolute atomic E-state index is 6.31. The third kappa shape index (κ3) is 3.84. The van der Waals surface area contributed by atoms with Gasteiger partial charge in [-0.3, -0.25) is 4.99 Å². The van der Waals surface area contributed by atoms with Crippen molar-refractivity contribution in [1.29, 1.82) is 0 Å². The molecular weight excluding hydrogens is 316 g/mol. The Hall–Kier alpha value is -1.91. The Balaban J connectivity index is 2.54. The molecule has 22 heavy (non-hydrogen) atoms. The molecule has 0 aliphatic carbocycles. The van der Waals surface area contributed by atoms with Crippen LogP contribution in [-0.4, -0.2) is 24.4 Å². The minimum atomic E-state index is 0.279. The number of nitrogens with zero attached hydrogens (tertiary/aromatic N) is 1. The van der Waals surface area contributed by atoms with E-state index in [1.54, 1.807) is 7.11 Å². The Morgan fingerprint density at radius 1 is 1.27 bits per heavy atom. The van der Waals surface area contributed by atoms with E-state index in [9.17, 15) is 0 Å². The molecule has 0 amide bonds. The number of ether oxygens (including phenoxy) is 1. The molecule has 0 unspecified atom stereocenters. The van der Waals surface area contributed by atoms with E-state index in [1.165, 1.54) is 0 Å². The normalized spacial score (nSPS) is 11.3. The predicted molar refractivity (Wildman–Crippen MR) is 96.5 cm³/mol. The molecule has 0 atom stereocenters. The van der Waals surface area contributed by atoms with Crippen LogP contribution < -0.4 is 10.5 Å². The molecular formula is C17H17ClN2OS. The summed E-state index contributed by atoms with van der Waals surface area (Å²) in [6.45, 7) is 2.26. The van der Waals surface area contributed by atoms with Crippen LogP contribution in [0.1, 0.15) is 16.7 Å². The van der Waals surface area contributed by atoms with Crippen molar-refractivity contribution >= 4 is 34.5 Å². The van der Waals surface area contributed by atoms with Crippen LogP contribution in [0.4, 0.5) is 0 Å². The molecule has 0 aromatic heterocycles. The zero-order valence-corrected chi connectivity index (χ0v) is 14.0. The van der Waals surface area contributed by atoms with Crippen molar-refractivity contribution in [3.8, 4) is 5.75 Å². The second-order valence-electron chi connectivity index (χ2n) is 4.80. The second kappa shape index (κ2) is 7.38. The topological polar surface area (TPSA) is 47.6 Å². The number of rotatable bonds is 5. The standard InChI is InChI=1S/C17H17ClN2OS/c1-11-9-12(7-8-15(11)21-2)17(20-10-16(19)22)13-5-3-4-6-14(13)18/h3-9H,10H2,1-2H3,(H2,19,22). The molecule has 0 spiro atoms. The monoisotopic (exact) mass is 332 g/mol. The summed E-state index contributed by atoms with van der Waals surface area (Å²) in [7, 11) is 1.65. The van der Waals surface area contributed by atoms with Crippen LogP contribution >= 0.6 is 23.8 Å². The molecule has 0 bridgehead atoms. The van der Waals surface area contributed by atoms with E-state index in [0.717, 1.165) is 28.2 Å². The van der Waals surface area contributed by atoms with Crippen LogP contribution in [0.15, 0.2) is 47.5 Å². The van der Waals surface area contributed by atoms with E-state index in [2.05, 4.69) is 4.99 Å². The number of aryl methyl sites for hydroxylation is 1. The summed E-state index contributed by atoms with van der Waals surface area (Å²) in [5, 5.41) is 0.637. The number of methoxy groups -OCH3 is 1. The molecule has 2 aromatic rings. The van der Waals surface area contributed by atoms with E-state index in [0.29, 0.717) is 10.0 Å². The van der Waals surface area contributed by atoms with Gasteiger partial charge in [0.2, 0.25) is 0 Å². The van der Waals surface area contributed by atoms with Gasteiger partial charge in [0.15, 0.2) is 0 Å². The highest BCUT2D eigenvalue weighted by atomic mass is 35.5. The van der Waals surface area contributed by atoms with Crippen molar-refractivity contribution in [2.75, 3.05) is 13.7 Å². The Morgan fingerprint density at radius 2 is 2.00 bits per heavy atom. The molecule has 2 N–H and O–H groups in total. The second-order valence-corrected chi connectivity index (χ2v) is 5.73. The van der Waals surface area contributed by atoms with Crippen LogP contribution in [0.3, 0.4) is 0 Å². The summed E-state index contributed by atoms with van der Waals surface area (Å²) in [5.74, 6) is 0.830. The number of thiocarbonyl (C=S) groups is 1. The third-order valence-electron chi connectivity index (χ3n) is 3.19. The Morgan fingerprint density at radius 3 is 2.59 bits per heavy atom. The highest BCUT2D eigenvalue weighted by molar-refractivity contribution is 7.80. The number of aliphatic imine (C=N–C) groups is 1. The lowest BCUT2D eigenvalue weighted by molar-refractivity contribution is 0.411. The van der Waals surface area contributed by atoms with Gasteiger partial charge in [0, 0.05) is 16.1 Å². The van der Waals surface area contributed by atoms with Gasteiger partial charge in [0.05, 0.1) is 24.4 Å². The van der Waals surface area contributed by atoms with Crippen molar-refractivity contribution < 1.29 is 4.74 Å².